The van der Waals surface area contributed by atoms with E-state index >= 15 is 0 Å². The van der Waals surface area contributed by atoms with Crippen molar-refractivity contribution < 1.29 is 18.8 Å². The molecule has 31 heavy (non-hydrogen) atoms. The molecule has 2 atom stereocenters. The van der Waals surface area contributed by atoms with Gasteiger partial charge in [0, 0.05) is 12.8 Å². The Balaban J connectivity index is 1.98. The number of Topliss-reactive ketones (excluding diaryl/α,β-unsaturated/α-hetero) is 1. The molecule has 0 aliphatic carbocycles. The summed E-state index contributed by atoms with van der Waals surface area (Å²) in [4.78, 5) is 26.4. The minimum Gasteiger partial charge on any atom is -0.454 e. The first kappa shape index (κ1) is 23.4. The lowest BCUT2D eigenvalue weighted by Gasteiger charge is -2.39. The third-order valence-electron chi connectivity index (χ3n) is 6.56. The minimum atomic E-state index is -2.19. The minimum absolute atomic E-state index is 0.0192. The van der Waals surface area contributed by atoms with Crippen LogP contribution in [0.2, 0.25) is 18.1 Å². The van der Waals surface area contributed by atoms with Crippen LogP contribution in [0.15, 0.2) is 54.6 Å². The predicted molar refractivity (Wildman–Crippen MR) is 126 cm³/mol. The summed E-state index contributed by atoms with van der Waals surface area (Å²) in [6.07, 6.45) is 1.00. The molecule has 4 nitrogen and oxygen atoms in total. The molecular weight excluding hydrogens is 404 g/mol. The highest BCUT2D eigenvalue weighted by atomic mass is 28.4. The number of ether oxygens (including phenoxy) is 1. The highest BCUT2D eigenvalue weighted by molar-refractivity contribution is 6.74. The summed E-state index contributed by atoms with van der Waals surface area (Å²) in [6, 6.07) is 17.2. The van der Waals surface area contributed by atoms with Crippen LogP contribution in [0, 0.1) is 0 Å². The van der Waals surface area contributed by atoms with Crippen molar-refractivity contribution >= 4 is 20.1 Å². The van der Waals surface area contributed by atoms with E-state index in [-0.39, 0.29) is 16.8 Å². The van der Waals surface area contributed by atoms with Crippen LogP contribution in [0.25, 0.3) is 0 Å². The van der Waals surface area contributed by atoms with Gasteiger partial charge in [-0.15, -0.1) is 0 Å². The molecule has 0 unspecified atom stereocenters. The molecule has 2 aromatic rings. The number of benzene rings is 2. The lowest BCUT2D eigenvalue weighted by Crippen LogP contribution is -2.46. The molecule has 0 radical (unpaired) electrons. The second kappa shape index (κ2) is 9.49. The molecule has 0 aromatic heterocycles. The Morgan fingerprint density at radius 1 is 0.935 bits per heavy atom. The van der Waals surface area contributed by atoms with Crippen molar-refractivity contribution in [3.8, 4) is 0 Å². The van der Waals surface area contributed by atoms with Crippen molar-refractivity contribution in [1.29, 1.82) is 0 Å². The second-order valence-corrected chi connectivity index (χ2v) is 14.6. The summed E-state index contributed by atoms with van der Waals surface area (Å²) in [5.41, 5.74) is 2.39. The summed E-state index contributed by atoms with van der Waals surface area (Å²) in [7, 11) is -2.19. The quantitative estimate of drug-likeness (QED) is 0.418. The molecular formula is C26H34O4Si. The van der Waals surface area contributed by atoms with Crippen LogP contribution in [0.5, 0.6) is 0 Å². The maximum Gasteiger partial charge on any atom is 0.339 e. The number of cyclic esters (lactones) is 1. The molecule has 0 spiro atoms. The average Bonchev–Trinajstić information content (AvgIpc) is 2.74. The SMILES string of the molecule is CC(C)(C)[Si](C)(C)O[C@@H]1C[C@H](c2ccccc2)OC(=O)c2ccccc2CCCC1=O. The maximum absolute atomic E-state index is 13.3. The Morgan fingerprint density at radius 3 is 2.26 bits per heavy atom. The Bertz CT molecular complexity index is 915. The van der Waals surface area contributed by atoms with Gasteiger partial charge >= 0.3 is 5.97 Å². The molecule has 0 saturated heterocycles. The standard InChI is InChI=1S/C26H34O4Si/c1-26(2,3)31(4,5)30-24-18-23(20-13-7-6-8-14-20)29-25(28)21-16-10-9-12-19(21)15-11-17-22(24)27/h6-10,12-14,16,23-24H,11,15,17-18H2,1-5H3/t23-,24-/m1/s1. The van der Waals surface area contributed by atoms with Crippen molar-refractivity contribution in [3.05, 3.63) is 71.3 Å². The molecule has 0 N–H and O–H groups in total. The molecule has 0 bridgehead atoms. The van der Waals surface area contributed by atoms with Crippen molar-refractivity contribution in [2.45, 2.75) is 76.8 Å². The van der Waals surface area contributed by atoms with Gasteiger partial charge in [0.15, 0.2) is 14.1 Å². The number of hydrogen-bond acceptors (Lipinski definition) is 4. The van der Waals surface area contributed by atoms with Crippen molar-refractivity contribution in [2.24, 2.45) is 0 Å². The topological polar surface area (TPSA) is 52.6 Å². The lowest BCUT2D eigenvalue weighted by molar-refractivity contribution is -0.128. The fourth-order valence-corrected chi connectivity index (χ4v) is 4.93. The molecule has 1 aliphatic rings. The third kappa shape index (κ3) is 5.72. The van der Waals surface area contributed by atoms with Gasteiger partial charge in [0.1, 0.15) is 12.2 Å². The second-order valence-electron chi connectivity index (χ2n) is 9.88. The summed E-state index contributed by atoms with van der Waals surface area (Å²) in [6.45, 7) is 10.8. The van der Waals surface area contributed by atoms with E-state index in [2.05, 4.69) is 33.9 Å². The zero-order valence-electron chi connectivity index (χ0n) is 19.3. The summed E-state index contributed by atoms with van der Waals surface area (Å²) >= 11 is 0. The fourth-order valence-electron chi connectivity index (χ4n) is 3.64. The number of rotatable bonds is 3. The summed E-state index contributed by atoms with van der Waals surface area (Å²) in [5, 5.41) is -0.0192. The summed E-state index contributed by atoms with van der Waals surface area (Å²) < 4.78 is 12.6. The van der Waals surface area contributed by atoms with Crippen molar-refractivity contribution in [3.63, 3.8) is 0 Å². The molecule has 0 amide bonds. The zero-order chi connectivity index (χ0) is 22.6. The van der Waals surface area contributed by atoms with Gasteiger partial charge in [-0.05, 0) is 48.2 Å². The van der Waals surface area contributed by atoms with Crippen LogP contribution >= 0.6 is 0 Å². The average molecular weight is 439 g/mol. The highest BCUT2D eigenvalue weighted by Crippen LogP contribution is 2.39. The Morgan fingerprint density at radius 2 is 1.58 bits per heavy atom. The smallest absolute Gasteiger partial charge is 0.339 e. The molecule has 0 saturated carbocycles. The first-order chi connectivity index (χ1) is 14.6. The van der Waals surface area contributed by atoms with Gasteiger partial charge < -0.3 is 9.16 Å². The number of hydrogen-bond donors (Lipinski definition) is 0. The highest BCUT2D eigenvalue weighted by Gasteiger charge is 2.41. The van der Waals surface area contributed by atoms with E-state index in [1.165, 1.54) is 0 Å². The molecule has 0 fully saturated rings. The Labute approximate surface area is 187 Å². The molecule has 1 heterocycles. The van der Waals surface area contributed by atoms with E-state index in [0.717, 1.165) is 11.1 Å². The molecule has 2 aromatic carbocycles. The van der Waals surface area contributed by atoms with Crippen LogP contribution in [0.1, 0.15) is 67.6 Å². The largest absolute Gasteiger partial charge is 0.454 e. The number of esters is 1. The van der Waals surface area contributed by atoms with Crippen LogP contribution in [0.4, 0.5) is 0 Å². The number of carbonyl (C=O) groups is 2. The van der Waals surface area contributed by atoms with Gasteiger partial charge in [0.2, 0.25) is 0 Å². The number of fused-ring (bicyclic) bond motifs is 1. The lowest BCUT2D eigenvalue weighted by atomic mass is 9.98. The first-order valence-electron chi connectivity index (χ1n) is 11.1. The van der Waals surface area contributed by atoms with Crippen LogP contribution in [-0.2, 0) is 20.4 Å². The van der Waals surface area contributed by atoms with Gasteiger partial charge in [-0.25, -0.2) is 4.79 Å². The normalized spacial score (nSPS) is 21.1. The van der Waals surface area contributed by atoms with E-state index in [9.17, 15) is 9.59 Å². The predicted octanol–water partition coefficient (Wildman–Crippen LogP) is 6.27. The maximum atomic E-state index is 13.3. The van der Waals surface area contributed by atoms with Crippen molar-refractivity contribution in [2.75, 3.05) is 0 Å². The summed E-state index contributed by atoms with van der Waals surface area (Å²) in [5.74, 6) is -0.244. The van der Waals surface area contributed by atoms with E-state index in [0.29, 0.717) is 31.2 Å². The van der Waals surface area contributed by atoms with Gasteiger partial charge in [-0.2, -0.15) is 0 Å². The van der Waals surface area contributed by atoms with Gasteiger partial charge in [0.05, 0.1) is 5.56 Å². The fraction of sp³-hybridized carbons (Fsp3) is 0.462. The van der Waals surface area contributed by atoms with E-state index in [1.54, 1.807) is 0 Å². The molecule has 166 valence electrons. The Hall–Kier alpha value is -2.24. The number of ketones is 1. The zero-order valence-corrected chi connectivity index (χ0v) is 20.3. The van der Waals surface area contributed by atoms with E-state index in [4.69, 9.17) is 9.16 Å². The van der Waals surface area contributed by atoms with Gasteiger partial charge in [-0.1, -0.05) is 69.3 Å². The molecule has 3 rings (SSSR count). The third-order valence-corrected chi connectivity index (χ3v) is 11.0. The van der Waals surface area contributed by atoms with Crippen LogP contribution in [-0.4, -0.2) is 26.2 Å². The van der Waals surface area contributed by atoms with Crippen LogP contribution < -0.4 is 0 Å². The van der Waals surface area contributed by atoms with E-state index in [1.807, 2.05) is 54.6 Å². The first-order valence-corrected chi connectivity index (χ1v) is 14.0. The number of carbonyl (C=O) groups excluding carboxylic acids is 2. The van der Waals surface area contributed by atoms with E-state index < -0.39 is 20.5 Å². The van der Waals surface area contributed by atoms with Gasteiger partial charge in [-0.3, -0.25) is 4.79 Å². The molecule has 5 heteroatoms. The Kier molecular flexibility index (Phi) is 7.17. The van der Waals surface area contributed by atoms with Crippen LogP contribution in [0.3, 0.4) is 0 Å². The van der Waals surface area contributed by atoms with Crippen molar-refractivity contribution in [1.82, 2.24) is 0 Å². The van der Waals surface area contributed by atoms with Gasteiger partial charge in [0.25, 0.3) is 0 Å². The molecule has 1 aliphatic heterocycles. The number of aryl methyl sites for hydroxylation is 1. The monoisotopic (exact) mass is 438 g/mol.